The Morgan fingerprint density at radius 2 is 2.07 bits per heavy atom. The van der Waals surface area contributed by atoms with E-state index >= 15 is 0 Å². The molecule has 2 rings (SSSR count). The van der Waals surface area contributed by atoms with Crippen molar-refractivity contribution in [2.45, 2.75) is 18.8 Å². The van der Waals surface area contributed by atoms with Gasteiger partial charge in [-0.25, -0.2) is 0 Å². The molecule has 0 radical (unpaired) electrons. The standard InChI is InChI=1S/C11H11NO2/c13-12(14)8-7-9-3-1-2-4-11(9)10-5-6-10/h1-4,7-8,10H,5-6H2. The third kappa shape index (κ3) is 1.99. The lowest BCUT2D eigenvalue weighted by Crippen LogP contribution is -1.87. The van der Waals surface area contributed by atoms with Gasteiger partial charge >= 0.3 is 0 Å². The summed E-state index contributed by atoms with van der Waals surface area (Å²) in [7, 11) is 0. The highest BCUT2D eigenvalue weighted by Gasteiger charge is 2.24. The fraction of sp³-hybridized carbons (Fsp3) is 0.273. The van der Waals surface area contributed by atoms with Crippen LogP contribution in [-0.2, 0) is 0 Å². The Labute approximate surface area is 82.2 Å². The summed E-state index contributed by atoms with van der Waals surface area (Å²) in [6.07, 6.45) is 5.00. The highest BCUT2D eigenvalue weighted by molar-refractivity contribution is 5.54. The quantitative estimate of drug-likeness (QED) is 0.542. The molecule has 1 aromatic rings. The van der Waals surface area contributed by atoms with Crippen LogP contribution in [0.2, 0.25) is 0 Å². The summed E-state index contributed by atoms with van der Waals surface area (Å²) in [4.78, 5) is 9.76. The molecule has 0 aromatic heterocycles. The van der Waals surface area contributed by atoms with Crippen LogP contribution in [0.5, 0.6) is 0 Å². The van der Waals surface area contributed by atoms with Gasteiger partial charge in [0.2, 0.25) is 6.20 Å². The summed E-state index contributed by atoms with van der Waals surface area (Å²) >= 11 is 0. The zero-order valence-corrected chi connectivity index (χ0v) is 7.72. The molecule has 1 fully saturated rings. The lowest BCUT2D eigenvalue weighted by Gasteiger charge is -2.01. The van der Waals surface area contributed by atoms with Gasteiger partial charge in [-0.1, -0.05) is 24.3 Å². The first-order valence-electron chi connectivity index (χ1n) is 4.68. The molecule has 0 heterocycles. The SMILES string of the molecule is O=[N+]([O-])C=Cc1ccccc1C1CC1. The predicted octanol–water partition coefficient (Wildman–Crippen LogP) is 2.81. The van der Waals surface area contributed by atoms with Crippen molar-refractivity contribution >= 4 is 6.08 Å². The average Bonchev–Trinajstić information content (AvgIpc) is 2.98. The summed E-state index contributed by atoms with van der Waals surface area (Å²) < 4.78 is 0. The molecule has 0 atom stereocenters. The second kappa shape index (κ2) is 3.62. The van der Waals surface area contributed by atoms with Crippen LogP contribution in [0.1, 0.15) is 29.9 Å². The smallest absolute Gasteiger partial charge is 0.235 e. The van der Waals surface area contributed by atoms with Gasteiger partial charge < -0.3 is 0 Å². The van der Waals surface area contributed by atoms with Gasteiger partial charge in [0.25, 0.3) is 0 Å². The molecule has 72 valence electrons. The number of nitrogens with zero attached hydrogens (tertiary/aromatic N) is 1. The molecule has 3 nitrogen and oxygen atoms in total. The van der Waals surface area contributed by atoms with E-state index in [2.05, 4.69) is 6.07 Å². The van der Waals surface area contributed by atoms with Crippen LogP contribution in [0, 0.1) is 10.1 Å². The van der Waals surface area contributed by atoms with Gasteiger partial charge in [0, 0.05) is 6.08 Å². The normalized spacial score (nSPS) is 16.0. The summed E-state index contributed by atoms with van der Waals surface area (Å²) in [5.74, 6) is 0.627. The van der Waals surface area contributed by atoms with Crippen LogP contribution in [0.25, 0.3) is 6.08 Å². The van der Waals surface area contributed by atoms with Crippen LogP contribution in [-0.4, -0.2) is 4.92 Å². The molecular weight excluding hydrogens is 178 g/mol. The molecular formula is C11H11NO2. The Morgan fingerprint density at radius 1 is 1.36 bits per heavy atom. The van der Waals surface area contributed by atoms with Crippen LogP contribution in [0.3, 0.4) is 0 Å². The molecule has 1 aromatic carbocycles. The molecule has 0 spiro atoms. The molecule has 1 aliphatic rings. The molecule has 0 aliphatic heterocycles. The van der Waals surface area contributed by atoms with Crippen molar-refractivity contribution in [1.29, 1.82) is 0 Å². The topological polar surface area (TPSA) is 43.1 Å². The van der Waals surface area contributed by atoms with E-state index in [1.165, 1.54) is 18.4 Å². The lowest BCUT2D eigenvalue weighted by molar-refractivity contribution is -0.400. The molecule has 1 aliphatic carbocycles. The monoisotopic (exact) mass is 189 g/mol. The molecule has 1 saturated carbocycles. The first kappa shape index (κ1) is 8.94. The molecule has 0 saturated heterocycles. The Bertz CT molecular complexity index is 381. The Balaban J connectivity index is 2.27. The van der Waals surface area contributed by atoms with Crippen molar-refractivity contribution in [3.05, 3.63) is 51.7 Å². The van der Waals surface area contributed by atoms with E-state index in [0.29, 0.717) is 5.92 Å². The van der Waals surface area contributed by atoms with E-state index in [1.54, 1.807) is 6.08 Å². The van der Waals surface area contributed by atoms with E-state index in [4.69, 9.17) is 0 Å². The van der Waals surface area contributed by atoms with Crippen molar-refractivity contribution in [1.82, 2.24) is 0 Å². The van der Waals surface area contributed by atoms with Gasteiger partial charge in [0.05, 0.1) is 4.92 Å². The zero-order chi connectivity index (χ0) is 9.97. The summed E-state index contributed by atoms with van der Waals surface area (Å²) in [6, 6.07) is 7.87. The fourth-order valence-electron chi connectivity index (χ4n) is 1.57. The minimum atomic E-state index is -0.427. The van der Waals surface area contributed by atoms with Crippen molar-refractivity contribution in [3.63, 3.8) is 0 Å². The fourth-order valence-corrected chi connectivity index (χ4v) is 1.57. The van der Waals surface area contributed by atoms with Crippen molar-refractivity contribution in [2.75, 3.05) is 0 Å². The average molecular weight is 189 g/mol. The van der Waals surface area contributed by atoms with Crippen LogP contribution < -0.4 is 0 Å². The van der Waals surface area contributed by atoms with Gasteiger partial charge in [0.1, 0.15) is 0 Å². The molecule has 0 unspecified atom stereocenters. The maximum absolute atomic E-state index is 10.2. The predicted molar refractivity (Wildman–Crippen MR) is 54.4 cm³/mol. The molecule has 0 bridgehead atoms. The van der Waals surface area contributed by atoms with Crippen molar-refractivity contribution < 1.29 is 4.92 Å². The number of nitro groups is 1. The van der Waals surface area contributed by atoms with Crippen molar-refractivity contribution in [3.8, 4) is 0 Å². The van der Waals surface area contributed by atoms with Gasteiger partial charge in [-0.15, -0.1) is 0 Å². The maximum atomic E-state index is 10.2. The number of rotatable bonds is 3. The summed E-state index contributed by atoms with van der Waals surface area (Å²) in [5, 5.41) is 10.2. The van der Waals surface area contributed by atoms with E-state index in [-0.39, 0.29) is 0 Å². The Kier molecular flexibility index (Phi) is 2.31. The molecule has 3 heteroatoms. The maximum Gasteiger partial charge on any atom is 0.235 e. The van der Waals surface area contributed by atoms with Gasteiger partial charge in [0.15, 0.2) is 0 Å². The number of benzene rings is 1. The van der Waals surface area contributed by atoms with Gasteiger partial charge in [-0.3, -0.25) is 10.1 Å². The van der Waals surface area contributed by atoms with Crippen LogP contribution in [0.4, 0.5) is 0 Å². The number of hydrogen-bond donors (Lipinski definition) is 0. The Hall–Kier alpha value is -1.64. The van der Waals surface area contributed by atoms with Crippen molar-refractivity contribution in [2.24, 2.45) is 0 Å². The highest BCUT2D eigenvalue weighted by Crippen LogP contribution is 2.41. The summed E-state index contributed by atoms with van der Waals surface area (Å²) in [6.45, 7) is 0. The van der Waals surface area contributed by atoms with E-state index < -0.39 is 4.92 Å². The van der Waals surface area contributed by atoms with Crippen LogP contribution >= 0.6 is 0 Å². The Morgan fingerprint density at radius 3 is 2.71 bits per heavy atom. The highest BCUT2D eigenvalue weighted by atomic mass is 16.6. The van der Waals surface area contributed by atoms with Crippen LogP contribution in [0.15, 0.2) is 30.5 Å². The minimum absolute atomic E-state index is 0.427. The van der Waals surface area contributed by atoms with Gasteiger partial charge in [-0.2, -0.15) is 0 Å². The molecule has 0 amide bonds. The number of hydrogen-bond acceptors (Lipinski definition) is 2. The van der Waals surface area contributed by atoms with Gasteiger partial charge in [-0.05, 0) is 29.9 Å². The second-order valence-electron chi connectivity index (χ2n) is 3.50. The minimum Gasteiger partial charge on any atom is -0.259 e. The third-order valence-electron chi connectivity index (χ3n) is 2.39. The molecule has 0 N–H and O–H groups in total. The first-order chi connectivity index (χ1) is 6.77. The lowest BCUT2D eigenvalue weighted by atomic mass is 10.0. The second-order valence-corrected chi connectivity index (χ2v) is 3.50. The zero-order valence-electron chi connectivity index (χ0n) is 7.72. The first-order valence-corrected chi connectivity index (χ1v) is 4.68. The third-order valence-corrected chi connectivity index (χ3v) is 2.39. The summed E-state index contributed by atoms with van der Waals surface area (Å²) in [5.41, 5.74) is 2.22. The molecule has 14 heavy (non-hydrogen) atoms. The van der Waals surface area contributed by atoms with E-state index in [1.807, 2.05) is 18.2 Å². The largest absolute Gasteiger partial charge is 0.259 e. The van der Waals surface area contributed by atoms with E-state index in [0.717, 1.165) is 11.8 Å². The van der Waals surface area contributed by atoms with E-state index in [9.17, 15) is 10.1 Å².